The van der Waals surface area contributed by atoms with Gasteiger partial charge in [0.2, 0.25) is 0 Å². The molecule has 50 valence electrons. The summed E-state index contributed by atoms with van der Waals surface area (Å²) in [6, 6.07) is 6.38. The van der Waals surface area contributed by atoms with Crippen molar-refractivity contribution in [1.82, 2.24) is 0 Å². The van der Waals surface area contributed by atoms with Crippen LogP contribution in [0.5, 0.6) is 0 Å². The minimum atomic E-state index is 0. The SMILES string of the molecule is O=[C-]c1ccccc1[C-]=O.[K+]. The van der Waals surface area contributed by atoms with Crippen LogP contribution < -0.4 is 51.4 Å². The van der Waals surface area contributed by atoms with E-state index in [1.807, 2.05) is 0 Å². The summed E-state index contributed by atoms with van der Waals surface area (Å²) in [6.07, 6.45) is 3.27. The summed E-state index contributed by atoms with van der Waals surface area (Å²) < 4.78 is 0. The zero-order valence-electron chi connectivity index (χ0n) is 6.13. The maximum Gasteiger partial charge on any atom is 1.00 e. The Kier molecular flexibility index (Phi) is 5.90. The Bertz CT molecular complexity index is 231. The average molecular weight is 171 g/mol. The minimum Gasteiger partial charge on any atom is -0.391 e. The zero-order chi connectivity index (χ0) is 7.40. The molecule has 0 aliphatic rings. The van der Waals surface area contributed by atoms with Crippen LogP contribution in [0.15, 0.2) is 24.3 Å². The van der Waals surface area contributed by atoms with Crippen molar-refractivity contribution in [2.75, 3.05) is 0 Å². The summed E-state index contributed by atoms with van der Waals surface area (Å²) in [5.74, 6) is 0. The summed E-state index contributed by atoms with van der Waals surface area (Å²) in [4.78, 5) is 20.2. The van der Waals surface area contributed by atoms with Gasteiger partial charge in [0.25, 0.3) is 0 Å². The first-order chi connectivity index (χ1) is 4.88. The van der Waals surface area contributed by atoms with Gasteiger partial charge in [-0.05, 0) is 12.6 Å². The number of carbonyl (C=O) groups excluding carboxylic acids is 2. The quantitative estimate of drug-likeness (QED) is 0.367. The molecule has 0 N–H and O–H groups in total. The first-order valence-electron chi connectivity index (χ1n) is 2.74. The van der Waals surface area contributed by atoms with Crippen LogP contribution in [0.1, 0.15) is 11.1 Å². The molecular formula is C8H4KO2-. The van der Waals surface area contributed by atoms with Crippen molar-refractivity contribution in [3.63, 3.8) is 0 Å². The molecule has 0 spiro atoms. The first-order valence-corrected chi connectivity index (χ1v) is 2.74. The summed E-state index contributed by atoms with van der Waals surface area (Å²) in [7, 11) is 0. The molecule has 0 unspecified atom stereocenters. The number of benzene rings is 1. The Morgan fingerprint density at radius 3 is 1.55 bits per heavy atom. The number of hydrogen-bond donors (Lipinski definition) is 0. The van der Waals surface area contributed by atoms with Gasteiger partial charge in [0.1, 0.15) is 0 Å². The molecular weight excluding hydrogens is 167 g/mol. The van der Waals surface area contributed by atoms with Crippen molar-refractivity contribution in [1.29, 1.82) is 0 Å². The molecule has 0 saturated heterocycles. The normalized spacial score (nSPS) is 8.00. The van der Waals surface area contributed by atoms with E-state index < -0.39 is 0 Å². The van der Waals surface area contributed by atoms with Gasteiger partial charge in [-0.2, -0.15) is 0 Å². The predicted molar refractivity (Wildman–Crippen MR) is 36.0 cm³/mol. The van der Waals surface area contributed by atoms with Gasteiger partial charge in [0.05, 0.1) is 0 Å². The zero-order valence-corrected chi connectivity index (χ0v) is 9.25. The third-order valence-electron chi connectivity index (χ3n) is 1.15. The molecule has 0 amide bonds. The fourth-order valence-electron chi connectivity index (χ4n) is 0.661. The van der Waals surface area contributed by atoms with Gasteiger partial charge in [0, 0.05) is 0 Å². The van der Waals surface area contributed by atoms with E-state index >= 15 is 0 Å². The van der Waals surface area contributed by atoms with Gasteiger partial charge in [-0.15, -0.1) is 12.1 Å². The van der Waals surface area contributed by atoms with Crippen LogP contribution in [0.2, 0.25) is 0 Å². The molecule has 0 saturated carbocycles. The van der Waals surface area contributed by atoms with E-state index in [2.05, 4.69) is 0 Å². The summed E-state index contributed by atoms with van der Waals surface area (Å²) in [6.45, 7) is 0. The Balaban J connectivity index is 0.000001000. The second-order valence-electron chi connectivity index (χ2n) is 1.75. The van der Waals surface area contributed by atoms with Crippen LogP contribution in [-0.4, -0.2) is 12.6 Å². The molecule has 0 aliphatic heterocycles. The van der Waals surface area contributed by atoms with Crippen LogP contribution in [0.25, 0.3) is 0 Å². The average Bonchev–Trinajstić information content (AvgIpc) is 2.04. The van der Waals surface area contributed by atoms with E-state index in [4.69, 9.17) is 0 Å². The van der Waals surface area contributed by atoms with Crippen molar-refractivity contribution in [3.05, 3.63) is 35.4 Å². The van der Waals surface area contributed by atoms with Gasteiger partial charge in [-0.25, -0.2) is 12.1 Å². The van der Waals surface area contributed by atoms with Crippen molar-refractivity contribution in [2.45, 2.75) is 0 Å². The van der Waals surface area contributed by atoms with Crippen molar-refractivity contribution in [3.8, 4) is 0 Å². The van der Waals surface area contributed by atoms with Gasteiger partial charge < -0.3 is 9.59 Å². The van der Waals surface area contributed by atoms with Crippen LogP contribution in [0.3, 0.4) is 0 Å². The Morgan fingerprint density at radius 1 is 0.909 bits per heavy atom. The molecule has 1 aromatic rings. The van der Waals surface area contributed by atoms with E-state index in [1.165, 1.54) is 12.1 Å². The van der Waals surface area contributed by atoms with Crippen molar-refractivity contribution < 1.29 is 61.0 Å². The van der Waals surface area contributed by atoms with E-state index in [9.17, 15) is 9.59 Å². The molecule has 0 heterocycles. The molecule has 0 radical (unpaired) electrons. The largest absolute Gasteiger partial charge is 1.00 e. The standard InChI is InChI=1S/C8H4O2.K/c9-5-7-3-1-2-4-8(7)6-10;/h1-4H;/q-2;+1. The number of hydrogen-bond acceptors (Lipinski definition) is 2. The summed E-state index contributed by atoms with van der Waals surface area (Å²) in [5, 5.41) is 0. The summed E-state index contributed by atoms with van der Waals surface area (Å²) >= 11 is 0. The molecule has 0 aliphatic carbocycles. The fraction of sp³-hybridized carbons (Fsp3) is 0. The van der Waals surface area contributed by atoms with Crippen LogP contribution in [0, 0.1) is 0 Å². The first kappa shape index (κ1) is 11.2. The second-order valence-corrected chi connectivity index (χ2v) is 1.75. The summed E-state index contributed by atoms with van der Waals surface area (Å²) in [5.41, 5.74) is 0.523. The molecule has 0 bridgehead atoms. The minimum absolute atomic E-state index is 0. The molecule has 0 fully saturated rings. The molecule has 0 atom stereocenters. The van der Waals surface area contributed by atoms with E-state index in [-0.39, 0.29) is 62.5 Å². The van der Waals surface area contributed by atoms with Gasteiger partial charge in [0.15, 0.2) is 0 Å². The smallest absolute Gasteiger partial charge is 0.391 e. The van der Waals surface area contributed by atoms with Crippen molar-refractivity contribution >= 4 is 12.6 Å². The van der Waals surface area contributed by atoms with E-state index in [0.717, 1.165) is 0 Å². The Morgan fingerprint density at radius 2 is 1.27 bits per heavy atom. The van der Waals surface area contributed by atoms with Gasteiger partial charge in [-0.3, -0.25) is 11.1 Å². The van der Waals surface area contributed by atoms with Crippen LogP contribution >= 0.6 is 0 Å². The predicted octanol–water partition coefficient (Wildman–Crippen LogP) is -2.39. The fourth-order valence-corrected chi connectivity index (χ4v) is 0.661. The van der Waals surface area contributed by atoms with Gasteiger partial charge >= 0.3 is 51.4 Å². The molecule has 0 aromatic heterocycles. The molecule has 1 aromatic carbocycles. The van der Waals surface area contributed by atoms with Crippen molar-refractivity contribution in [2.24, 2.45) is 0 Å². The second kappa shape index (κ2) is 5.80. The topological polar surface area (TPSA) is 34.1 Å². The molecule has 1 rings (SSSR count). The van der Waals surface area contributed by atoms with E-state index in [0.29, 0.717) is 0 Å². The third-order valence-corrected chi connectivity index (χ3v) is 1.15. The molecule has 11 heavy (non-hydrogen) atoms. The molecule has 2 nitrogen and oxygen atoms in total. The Labute approximate surface area is 107 Å². The van der Waals surface area contributed by atoms with E-state index in [1.54, 1.807) is 24.7 Å². The van der Waals surface area contributed by atoms with Gasteiger partial charge in [-0.1, -0.05) is 0 Å². The monoisotopic (exact) mass is 171 g/mol. The number of rotatable bonds is 2. The van der Waals surface area contributed by atoms with Crippen LogP contribution in [-0.2, 0) is 9.59 Å². The molecule has 3 heteroatoms. The van der Waals surface area contributed by atoms with Crippen LogP contribution in [0.4, 0.5) is 0 Å². The maximum atomic E-state index is 10.1. The Hall–Kier alpha value is 0.196. The maximum absolute atomic E-state index is 10.1. The third kappa shape index (κ3) is 2.97.